The Morgan fingerprint density at radius 3 is 2.35 bits per heavy atom. The molecule has 0 fully saturated rings. The summed E-state index contributed by atoms with van der Waals surface area (Å²) in [6.07, 6.45) is 5.09. The normalized spacial score (nSPS) is 11.3. The van der Waals surface area contributed by atoms with Gasteiger partial charge in [0.05, 0.1) is 35.2 Å². The highest BCUT2D eigenvalue weighted by molar-refractivity contribution is 6.07. The van der Waals surface area contributed by atoms with E-state index in [9.17, 15) is 4.79 Å². The zero-order valence-corrected chi connectivity index (χ0v) is 26.5. The molecule has 3 aromatic carbocycles. The summed E-state index contributed by atoms with van der Waals surface area (Å²) in [4.78, 5) is 26.4. The zero-order valence-electron chi connectivity index (χ0n) is 26.5. The molecule has 3 N–H and O–H groups in total. The summed E-state index contributed by atoms with van der Waals surface area (Å²) in [6, 6.07) is 24.9. The van der Waals surface area contributed by atoms with E-state index >= 15 is 0 Å². The van der Waals surface area contributed by atoms with Gasteiger partial charge < -0.3 is 15.4 Å². The lowest BCUT2D eigenvalue weighted by Gasteiger charge is -2.15. The fourth-order valence-electron chi connectivity index (χ4n) is 4.88. The molecule has 0 saturated carbocycles. The Morgan fingerprint density at radius 2 is 1.61 bits per heavy atom. The Kier molecular flexibility index (Phi) is 8.35. The van der Waals surface area contributed by atoms with Crippen LogP contribution in [0.2, 0.25) is 0 Å². The van der Waals surface area contributed by atoms with Crippen molar-refractivity contribution in [1.82, 2.24) is 24.7 Å². The Bertz CT molecular complexity index is 1990. The van der Waals surface area contributed by atoms with E-state index in [1.54, 1.807) is 23.3 Å². The maximum atomic E-state index is 13.4. The van der Waals surface area contributed by atoms with Crippen LogP contribution in [-0.2, 0) is 12.0 Å². The fourth-order valence-corrected chi connectivity index (χ4v) is 4.88. The van der Waals surface area contributed by atoms with Gasteiger partial charge in [0.15, 0.2) is 0 Å². The van der Waals surface area contributed by atoms with Gasteiger partial charge in [-0.3, -0.25) is 10.3 Å². The summed E-state index contributed by atoms with van der Waals surface area (Å²) < 4.78 is 8.03. The number of carbonyl (C=O) groups excluding carboxylic acids is 1. The summed E-state index contributed by atoms with van der Waals surface area (Å²) in [7, 11) is 0. The third kappa shape index (κ3) is 6.96. The molecule has 0 radical (unpaired) electrons. The first-order valence-electron chi connectivity index (χ1n) is 15.0. The number of rotatable bonds is 8. The number of amides is 2. The van der Waals surface area contributed by atoms with Crippen LogP contribution in [0.5, 0.6) is 5.75 Å². The lowest BCUT2D eigenvalue weighted by molar-refractivity contribution is 0.262. The molecule has 3 heterocycles. The van der Waals surface area contributed by atoms with E-state index in [-0.39, 0.29) is 11.4 Å². The molecule has 0 aliphatic carbocycles. The van der Waals surface area contributed by atoms with Gasteiger partial charge in [0.25, 0.3) is 0 Å². The minimum absolute atomic E-state index is 0.195. The molecule has 46 heavy (non-hydrogen) atoms. The van der Waals surface area contributed by atoms with Crippen molar-refractivity contribution in [1.29, 1.82) is 0 Å². The van der Waals surface area contributed by atoms with Gasteiger partial charge in [0.1, 0.15) is 29.8 Å². The topological polar surface area (TPSA) is 119 Å². The molecule has 2 amide bonds. The van der Waals surface area contributed by atoms with Gasteiger partial charge in [-0.2, -0.15) is 5.10 Å². The fraction of sp³-hybridized carbons (Fsp3) is 0.194. The molecule has 232 valence electrons. The lowest BCUT2D eigenvalue weighted by atomic mass is 9.92. The van der Waals surface area contributed by atoms with E-state index in [0.29, 0.717) is 35.5 Å². The molecule has 3 aromatic heterocycles. The van der Waals surface area contributed by atoms with Crippen molar-refractivity contribution in [3.63, 3.8) is 0 Å². The predicted octanol–water partition coefficient (Wildman–Crippen LogP) is 8.09. The minimum atomic E-state index is -0.373. The smallest absolute Gasteiger partial charge is 0.324 e. The van der Waals surface area contributed by atoms with Crippen LogP contribution < -0.4 is 20.7 Å². The summed E-state index contributed by atoms with van der Waals surface area (Å²) in [6.45, 7) is 10.5. The van der Waals surface area contributed by atoms with Crippen molar-refractivity contribution in [2.75, 3.05) is 16.0 Å². The predicted molar refractivity (Wildman–Crippen MR) is 182 cm³/mol. The lowest BCUT2D eigenvalue weighted by Crippen LogP contribution is -2.21. The molecule has 0 saturated heterocycles. The second-order valence-electron chi connectivity index (χ2n) is 12.2. The molecule has 0 spiro atoms. The number of urea groups is 1. The molecule has 0 aliphatic rings. The van der Waals surface area contributed by atoms with Crippen molar-refractivity contribution in [2.24, 2.45) is 0 Å². The average Bonchev–Trinajstić information content (AvgIpc) is 3.47. The molecule has 10 heteroatoms. The van der Waals surface area contributed by atoms with Crippen molar-refractivity contribution in [3.8, 4) is 11.4 Å². The minimum Gasteiger partial charge on any atom is -0.488 e. The number of aromatic nitrogens is 5. The SMILES string of the molecule is Cc1ccc(-n2nc(C(C)(C)C)cc2NC(=O)Nc2ccc(OCc3ccnc(Nc4cnc(C)cn4)c3)c3ccccc23)cc1. The second kappa shape index (κ2) is 12.7. The standard InChI is InChI=1S/C36H36N8O2/c1-23-10-12-26(13-11-23)44-34(19-31(43-44)36(3,4)5)42-35(45)40-29-14-15-30(28-9-7-6-8-27(28)29)46-22-25-16-17-37-32(18-25)41-33-21-38-24(2)20-39-33/h6-21H,22H2,1-5H3,(H,37,39,41)(H2,40,42,45). The molecule has 0 atom stereocenters. The molecule has 0 bridgehead atoms. The molecular weight excluding hydrogens is 576 g/mol. The number of nitrogens with zero attached hydrogens (tertiary/aromatic N) is 5. The van der Waals surface area contributed by atoms with Gasteiger partial charge in [-0.15, -0.1) is 0 Å². The van der Waals surface area contributed by atoms with Crippen molar-refractivity contribution in [3.05, 3.63) is 120 Å². The number of aryl methyl sites for hydroxylation is 2. The Labute approximate surface area is 267 Å². The van der Waals surface area contributed by atoms with Crippen LogP contribution in [-0.4, -0.2) is 30.8 Å². The van der Waals surface area contributed by atoms with Gasteiger partial charge in [0.2, 0.25) is 0 Å². The van der Waals surface area contributed by atoms with Gasteiger partial charge in [-0.25, -0.2) is 19.4 Å². The Balaban J connectivity index is 1.18. The number of fused-ring (bicyclic) bond motifs is 1. The van der Waals surface area contributed by atoms with Crippen LogP contribution in [0.25, 0.3) is 16.5 Å². The highest BCUT2D eigenvalue weighted by Gasteiger charge is 2.22. The molecule has 6 rings (SSSR count). The quantitative estimate of drug-likeness (QED) is 0.159. The number of benzene rings is 3. The average molecular weight is 613 g/mol. The van der Waals surface area contributed by atoms with Crippen molar-refractivity contribution < 1.29 is 9.53 Å². The highest BCUT2D eigenvalue weighted by Crippen LogP contribution is 2.33. The van der Waals surface area contributed by atoms with Gasteiger partial charge in [-0.1, -0.05) is 62.7 Å². The van der Waals surface area contributed by atoms with E-state index < -0.39 is 0 Å². The van der Waals surface area contributed by atoms with E-state index in [0.717, 1.165) is 39.0 Å². The van der Waals surface area contributed by atoms with Crippen molar-refractivity contribution in [2.45, 2.75) is 46.6 Å². The van der Waals surface area contributed by atoms with Crippen LogP contribution in [0.4, 0.5) is 27.9 Å². The maximum Gasteiger partial charge on any atom is 0.324 e. The van der Waals surface area contributed by atoms with Gasteiger partial charge in [0, 0.05) is 28.5 Å². The first-order valence-corrected chi connectivity index (χ1v) is 15.0. The van der Waals surface area contributed by atoms with Crippen LogP contribution >= 0.6 is 0 Å². The number of hydrogen-bond donors (Lipinski definition) is 3. The summed E-state index contributed by atoms with van der Waals surface area (Å²) in [5.74, 6) is 2.54. The third-order valence-corrected chi connectivity index (χ3v) is 7.39. The van der Waals surface area contributed by atoms with Crippen molar-refractivity contribution >= 4 is 39.9 Å². The Hall–Kier alpha value is -5.77. The molecular formula is C36H36N8O2. The number of ether oxygens (including phenoxy) is 1. The van der Waals surface area contributed by atoms with E-state index in [2.05, 4.69) is 51.7 Å². The van der Waals surface area contributed by atoms with E-state index in [1.165, 1.54) is 0 Å². The molecule has 10 nitrogen and oxygen atoms in total. The van der Waals surface area contributed by atoms with Crippen LogP contribution in [0, 0.1) is 13.8 Å². The van der Waals surface area contributed by atoms with Gasteiger partial charge in [-0.05, 0) is 55.8 Å². The van der Waals surface area contributed by atoms with E-state index in [4.69, 9.17) is 9.84 Å². The maximum absolute atomic E-state index is 13.4. The summed E-state index contributed by atoms with van der Waals surface area (Å²) in [5, 5.41) is 15.8. The van der Waals surface area contributed by atoms with Crippen LogP contribution in [0.1, 0.15) is 43.3 Å². The first-order chi connectivity index (χ1) is 22.1. The number of carbonyl (C=O) groups is 1. The molecule has 0 aliphatic heterocycles. The summed E-state index contributed by atoms with van der Waals surface area (Å²) in [5.41, 5.74) is 5.12. The van der Waals surface area contributed by atoms with Gasteiger partial charge >= 0.3 is 6.03 Å². The third-order valence-electron chi connectivity index (χ3n) is 7.39. The van der Waals surface area contributed by atoms with Crippen LogP contribution in [0.15, 0.2) is 97.5 Å². The number of pyridine rings is 1. The Morgan fingerprint density at radius 1 is 0.826 bits per heavy atom. The van der Waals surface area contributed by atoms with E-state index in [1.807, 2.05) is 92.7 Å². The first kappa shape index (κ1) is 30.3. The zero-order chi connectivity index (χ0) is 32.3. The highest BCUT2D eigenvalue weighted by atomic mass is 16.5. The number of nitrogens with one attached hydrogen (secondary N) is 3. The summed E-state index contributed by atoms with van der Waals surface area (Å²) >= 11 is 0. The number of anilines is 4. The number of hydrogen-bond acceptors (Lipinski definition) is 7. The van der Waals surface area contributed by atoms with Crippen LogP contribution in [0.3, 0.4) is 0 Å². The monoisotopic (exact) mass is 612 g/mol. The molecule has 6 aromatic rings. The molecule has 0 unspecified atom stereocenters. The second-order valence-corrected chi connectivity index (χ2v) is 12.2. The largest absolute Gasteiger partial charge is 0.488 e.